The van der Waals surface area contributed by atoms with Gasteiger partial charge in [0.15, 0.2) is 0 Å². The fourth-order valence-corrected chi connectivity index (χ4v) is 4.06. The number of carbonyl (C=O) groups excluding carboxylic acids is 2. The van der Waals surface area contributed by atoms with Gasteiger partial charge in [-0.3, -0.25) is 19.4 Å². The smallest absolute Gasteiger partial charge is 0.237 e. The molecule has 1 atom stereocenters. The zero-order chi connectivity index (χ0) is 18.9. The van der Waals surface area contributed by atoms with Crippen molar-refractivity contribution in [2.45, 2.75) is 71.4 Å². The second kappa shape index (κ2) is 10.9. The predicted octanol–water partition coefficient (Wildman–Crippen LogP) is 1.70. The van der Waals surface area contributed by atoms with Crippen LogP contribution in [0.15, 0.2) is 0 Å². The number of nitrogens with one attached hydrogen (secondary N) is 1. The van der Waals surface area contributed by atoms with E-state index in [1.54, 1.807) is 0 Å². The van der Waals surface area contributed by atoms with Crippen molar-refractivity contribution in [2.24, 2.45) is 0 Å². The molecule has 1 saturated heterocycles. The molecule has 6 heteroatoms. The van der Waals surface area contributed by atoms with Crippen molar-refractivity contribution in [3.8, 4) is 0 Å². The number of rotatable bonds is 9. The Morgan fingerprint density at radius 2 is 1.62 bits per heavy atom. The van der Waals surface area contributed by atoms with Crippen LogP contribution in [0.3, 0.4) is 0 Å². The molecule has 6 nitrogen and oxygen atoms in total. The summed E-state index contributed by atoms with van der Waals surface area (Å²) in [6.07, 6.45) is 6.74. The minimum atomic E-state index is -0.0786. The monoisotopic (exact) mass is 366 g/mol. The van der Waals surface area contributed by atoms with Crippen LogP contribution in [0.1, 0.15) is 59.3 Å². The molecule has 0 aromatic rings. The lowest BCUT2D eigenvalue weighted by molar-refractivity contribution is -0.134. The van der Waals surface area contributed by atoms with Gasteiger partial charge in [-0.1, -0.05) is 26.7 Å². The van der Waals surface area contributed by atoms with Gasteiger partial charge in [-0.2, -0.15) is 0 Å². The van der Waals surface area contributed by atoms with E-state index in [0.717, 1.165) is 65.0 Å². The Bertz CT molecular complexity index is 437. The fourth-order valence-electron chi connectivity index (χ4n) is 4.06. The Kier molecular flexibility index (Phi) is 8.85. The first kappa shape index (κ1) is 21.2. The summed E-state index contributed by atoms with van der Waals surface area (Å²) in [5.74, 6) is 0.410. The van der Waals surface area contributed by atoms with Crippen LogP contribution < -0.4 is 5.32 Å². The van der Waals surface area contributed by atoms with E-state index in [4.69, 9.17) is 0 Å². The van der Waals surface area contributed by atoms with Crippen molar-refractivity contribution >= 4 is 11.8 Å². The van der Waals surface area contributed by atoms with Gasteiger partial charge in [0.1, 0.15) is 0 Å². The largest absolute Gasteiger partial charge is 0.352 e. The minimum absolute atomic E-state index is 0.0786. The summed E-state index contributed by atoms with van der Waals surface area (Å²) in [5, 5.41) is 3.21. The summed E-state index contributed by atoms with van der Waals surface area (Å²) < 4.78 is 0. The number of hydrogen-bond donors (Lipinski definition) is 1. The van der Waals surface area contributed by atoms with E-state index in [9.17, 15) is 9.59 Å². The molecule has 0 spiro atoms. The van der Waals surface area contributed by atoms with Crippen molar-refractivity contribution in [2.75, 3.05) is 45.8 Å². The highest BCUT2D eigenvalue weighted by molar-refractivity contribution is 5.81. The van der Waals surface area contributed by atoms with E-state index in [-0.39, 0.29) is 17.9 Å². The Morgan fingerprint density at radius 3 is 2.15 bits per heavy atom. The third kappa shape index (κ3) is 6.23. The van der Waals surface area contributed by atoms with Crippen LogP contribution in [0.4, 0.5) is 0 Å². The number of carbonyl (C=O) groups is 2. The highest BCUT2D eigenvalue weighted by atomic mass is 16.2. The first-order chi connectivity index (χ1) is 12.5. The number of piperazine rings is 1. The van der Waals surface area contributed by atoms with Gasteiger partial charge in [0.2, 0.25) is 11.8 Å². The quantitative estimate of drug-likeness (QED) is 0.675. The van der Waals surface area contributed by atoms with Gasteiger partial charge >= 0.3 is 0 Å². The summed E-state index contributed by atoms with van der Waals surface area (Å²) >= 11 is 0. The van der Waals surface area contributed by atoms with E-state index in [2.05, 4.69) is 29.0 Å². The van der Waals surface area contributed by atoms with Gasteiger partial charge in [-0.15, -0.1) is 0 Å². The lowest BCUT2D eigenvalue weighted by Crippen LogP contribution is -2.56. The van der Waals surface area contributed by atoms with Crippen molar-refractivity contribution in [3.05, 3.63) is 0 Å². The molecule has 2 aliphatic rings. The third-order valence-electron chi connectivity index (χ3n) is 5.73. The van der Waals surface area contributed by atoms with Crippen molar-refractivity contribution in [3.63, 3.8) is 0 Å². The molecule has 1 aliphatic heterocycles. The third-order valence-corrected chi connectivity index (χ3v) is 5.73. The molecule has 0 aromatic heterocycles. The Balaban J connectivity index is 1.73. The van der Waals surface area contributed by atoms with Crippen molar-refractivity contribution < 1.29 is 9.59 Å². The van der Waals surface area contributed by atoms with E-state index in [1.165, 1.54) is 12.8 Å². The highest BCUT2D eigenvalue weighted by Crippen LogP contribution is 2.18. The number of hydrogen-bond acceptors (Lipinski definition) is 4. The van der Waals surface area contributed by atoms with Crippen LogP contribution in [0.2, 0.25) is 0 Å². The lowest BCUT2D eigenvalue weighted by Gasteiger charge is -2.38. The number of nitrogens with zero attached hydrogens (tertiary/aromatic N) is 3. The molecule has 2 rings (SSSR count). The molecule has 0 aromatic carbocycles. The first-order valence-electron chi connectivity index (χ1n) is 10.6. The molecule has 26 heavy (non-hydrogen) atoms. The van der Waals surface area contributed by atoms with Crippen LogP contribution in [-0.2, 0) is 9.59 Å². The standard InChI is InChI=1S/C20H38N4O2/c1-4-10-24(11-5-2)19(25)16-22-12-14-23(15-13-22)17(3)20(26)21-18-8-6-7-9-18/h17-18H,4-16H2,1-3H3,(H,21,26). The van der Waals surface area contributed by atoms with Gasteiger partial charge in [0.05, 0.1) is 12.6 Å². The SMILES string of the molecule is CCCN(CCC)C(=O)CN1CCN(C(C)C(=O)NC2CCCC2)CC1. The van der Waals surface area contributed by atoms with Gasteiger partial charge < -0.3 is 10.2 Å². The zero-order valence-electron chi connectivity index (χ0n) is 17.0. The molecular weight excluding hydrogens is 328 g/mol. The second-order valence-corrected chi connectivity index (χ2v) is 7.86. The molecule has 1 aliphatic carbocycles. The molecule has 2 fully saturated rings. The number of amides is 2. The summed E-state index contributed by atoms with van der Waals surface area (Å²) in [4.78, 5) is 31.5. The topological polar surface area (TPSA) is 55.9 Å². The van der Waals surface area contributed by atoms with E-state index < -0.39 is 0 Å². The summed E-state index contributed by atoms with van der Waals surface area (Å²) in [5.41, 5.74) is 0. The van der Waals surface area contributed by atoms with Crippen molar-refractivity contribution in [1.29, 1.82) is 0 Å². The van der Waals surface area contributed by atoms with E-state index in [1.807, 2.05) is 11.8 Å². The molecule has 1 heterocycles. The van der Waals surface area contributed by atoms with Crippen molar-refractivity contribution in [1.82, 2.24) is 20.0 Å². The van der Waals surface area contributed by atoms with Crippen LogP contribution in [0.25, 0.3) is 0 Å². The molecule has 2 amide bonds. The maximum Gasteiger partial charge on any atom is 0.237 e. The maximum absolute atomic E-state index is 12.5. The van der Waals surface area contributed by atoms with E-state index >= 15 is 0 Å². The van der Waals surface area contributed by atoms with Gasteiger partial charge in [0, 0.05) is 45.3 Å². The molecule has 0 radical (unpaired) electrons. The second-order valence-electron chi connectivity index (χ2n) is 7.86. The van der Waals surface area contributed by atoms with Gasteiger partial charge in [-0.05, 0) is 32.6 Å². The molecule has 0 bridgehead atoms. The van der Waals surface area contributed by atoms with Gasteiger partial charge in [0.25, 0.3) is 0 Å². The van der Waals surface area contributed by atoms with Crippen LogP contribution >= 0.6 is 0 Å². The summed E-state index contributed by atoms with van der Waals surface area (Å²) in [7, 11) is 0. The Morgan fingerprint density at radius 1 is 1.04 bits per heavy atom. The van der Waals surface area contributed by atoms with Crippen LogP contribution in [-0.4, -0.2) is 84.4 Å². The molecular formula is C20H38N4O2. The maximum atomic E-state index is 12.5. The minimum Gasteiger partial charge on any atom is -0.352 e. The fraction of sp³-hybridized carbons (Fsp3) is 0.900. The molecule has 1 N–H and O–H groups in total. The Hall–Kier alpha value is -1.14. The van der Waals surface area contributed by atoms with Crippen LogP contribution in [0, 0.1) is 0 Å². The average Bonchev–Trinajstić information content (AvgIpc) is 3.14. The highest BCUT2D eigenvalue weighted by Gasteiger charge is 2.28. The summed E-state index contributed by atoms with van der Waals surface area (Å²) in [6.45, 7) is 11.9. The molecule has 150 valence electrons. The van der Waals surface area contributed by atoms with E-state index in [0.29, 0.717) is 12.6 Å². The predicted molar refractivity (Wildman–Crippen MR) is 105 cm³/mol. The molecule has 1 saturated carbocycles. The lowest BCUT2D eigenvalue weighted by atomic mass is 10.2. The van der Waals surface area contributed by atoms with Crippen LogP contribution in [0.5, 0.6) is 0 Å². The summed E-state index contributed by atoms with van der Waals surface area (Å²) in [6, 6.07) is 0.303. The normalized spacial score (nSPS) is 20.9. The molecule has 1 unspecified atom stereocenters. The van der Waals surface area contributed by atoms with Gasteiger partial charge in [-0.25, -0.2) is 0 Å². The average molecular weight is 367 g/mol. The Labute approximate surface area is 159 Å². The zero-order valence-corrected chi connectivity index (χ0v) is 17.0. The first-order valence-corrected chi connectivity index (χ1v) is 10.6.